The number of carbonyl (C=O) groups excluding carboxylic acids is 1. The van der Waals surface area contributed by atoms with Crippen molar-refractivity contribution in [1.82, 2.24) is 4.98 Å². The highest BCUT2D eigenvalue weighted by Gasteiger charge is 2.22. The Bertz CT molecular complexity index is 578. The smallest absolute Gasteiger partial charge is 0.256 e. The molecule has 0 atom stereocenters. The number of benzene rings is 1. The molecule has 2 heterocycles. The summed E-state index contributed by atoms with van der Waals surface area (Å²) < 4.78 is 0. The number of amides is 1. The van der Waals surface area contributed by atoms with Gasteiger partial charge in [-0.3, -0.25) is 9.78 Å². The third-order valence-electron chi connectivity index (χ3n) is 2.54. The van der Waals surface area contributed by atoms with E-state index in [0.29, 0.717) is 11.3 Å². The predicted octanol–water partition coefficient (Wildman–Crippen LogP) is 1.29. The van der Waals surface area contributed by atoms with E-state index >= 15 is 0 Å². The second-order valence-electron chi connectivity index (χ2n) is 3.47. The molecule has 15 heavy (non-hydrogen) atoms. The van der Waals surface area contributed by atoms with Crippen molar-refractivity contribution in [3.8, 4) is 0 Å². The van der Waals surface area contributed by atoms with E-state index in [1.165, 1.54) is 0 Å². The van der Waals surface area contributed by atoms with Gasteiger partial charge in [0.25, 0.3) is 5.91 Å². The normalized spacial score (nSPS) is 13.3. The van der Waals surface area contributed by atoms with Gasteiger partial charge in [-0.15, -0.1) is 0 Å². The summed E-state index contributed by atoms with van der Waals surface area (Å²) in [5.74, 6) is -0.127. The highest BCUT2D eigenvalue weighted by Crippen LogP contribution is 2.32. The van der Waals surface area contributed by atoms with Crippen LogP contribution >= 0.6 is 0 Å². The third-order valence-corrected chi connectivity index (χ3v) is 2.54. The van der Waals surface area contributed by atoms with Gasteiger partial charge >= 0.3 is 0 Å². The first-order valence-electron chi connectivity index (χ1n) is 4.64. The Hall–Kier alpha value is -1.94. The van der Waals surface area contributed by atoms with Gasteiger partial charge in [-0.1, -0.05) is 6.07 Å². The summed E-state index contributed by atoms with van der Waals surface area (Å²) >= 11 is 0. The molecule has 0 aliphatic carbocycles. The number of aliphatic hydroxyl groups is 1. The molecule has 1 aliphatic heterocycles. The van der Waals surface area contributed by atoms with Crippen molar-refractivity contribution in [3.63, 3.8) is 0 Å². The summed E-state index contributed by atoms with van der Waals surface area (Å²) in [5.41, 5.74) is 2.66. The fourth-order valence-corrected chi connectivity index (χ4v) is 1.90. The van der Waals surface area contributed by atoms with Crippen molar-refractivity contribution in [2.45, 2.75) is 6.61 Å². The van der Waals surface area contributed by atoms with Crippen LogP contribution in [0.1, 0.15) is 16.1 Å². The zero-order chi connectivity index (χ0) is 10.4. The minimum atomic E-state index is -0.152. The van der Waals surface area contributed by atoms with Crippen molar-refractivity contribution in [3.05, 3.63) is 35.5 Å². The molecule has 0 fully saturated rings. The van der Waals surface area contributed by atoms with Gasteiger partial charge in [-0.2, -0.15) is 0 Å². The van der Waals surface area contributed by atoms with E-state index in [1.54, 1.807) is 6.07 Å². The standard InChI is InChI=1S/C11H8N2O2/c14-5-6-4-7-10-8(12-6)2-1-3-9(10)13-11(7)15/h1-4,14H,5H2,(H,13,15). The van der Waals surface area contributed by atoms with E-state index in [-0.39, 0.29) is 12.5 Å². The van der Waals surface area contributed by atoms with Crippen LogP contribution in [0.15, 0.2) is 24.3 Å². The second-order valence-corrected chi connectivity index (χ2v) is 3.47. The average Bonchev–Trinajstić information content (AvgIpc) is 2.58. The number of nitrogens with one attached hydrogen (secondary N) is 1. The molecule has 0 saturated carbocycles. The lowest BCUT2D eigenvalue weighted by Gasteiger charge is -2.01. The topological polar surface area (TPSA) is 62.2 Å². The van der Waals surface area contributed by atoms with Crippen LogP contribution in [0, 0.1) is 0 Å². The summed E-state index contributed by atoms with van der Waals surface area (Å²) in [5, 5.41) is 12.6. The van der Waals surface area contributed by atoms with Crippen LogP contribution in [0.3, 0.4) is 0 Å². The minimum absolute atomic E-state index is 0.127. The molecule has 4 nitrogen and oxygen atoms in total. The number of rotatable bonds is 1. The molecular weight excluding hydrogens is 192 g/mol. The van der Waals surface area contributed by atoms with Crippen molar-refractivity contribution < 1.29 is 9.90 Å². The lowest BCUT2D eigenvalue weighted by Crippen LogP contribution is -2.04. The summed E-state index contributed by atoms with van der Waals surface area (Å²) in [6.45, 7) is -0.152. The van der Waals surface area contributed by atoms with Gasteiger partial charge in [0.1, 0.15) is 0 Å². The molecule has 0 bridgehead atoms. The van der Waals surface area contributed by atoms with Crippen LogP contribution in [-0.4, -0.2) is 16.0 Å². The Balaban J connectivity index is 2.46. The van der Waals surface area contributed by atoms with E-state index in [1.807, 2.05) is 18.2 Å². The van der Waals surface area contributed by atoms with Gasteiger partial charge < -0.3 is 10.4 Å². The number of aromatic nitrogens is 1. The van der Waals surface area contributed by atoms with Crippen molar-refractivity contribution in [2.24, 2.45) is 0 Å². The maximum absolute atomic E-state index is 11.6. The SMILES string of the molecule is O=C1Nc2cccc3nc(CO)cc1c23. The summed E-state index contributed by atoms with van der Waals surface area (Å²) in [6, 6.07) is 7.15. The van der Waals surface area contributed by atoms with E-state index in [2.05, 4.69) is 10.3 Å². The fourth-order valence-electron chi connectivity index (χ4n) is 1.90. The zero-order valence-corrected chi connectivity index (χ0v) is 7.82. The van der Waals surface area contributed by atoms with Gasteiger partial charge in [-0.25, -0.2) is 0 Å². The molecule has 1 aliphatic rings. The van der Waals surface area contributed by atoms with E-state index in [4.69, 9.17) is 5.11 Å². The van der Waals surface area contributed by atoms with Crippen molar-refractivity contribution in [2.75, 3.05) is 5.32 Å². The maximum Gasteiger partial charge on any atom is 0.256 e. The molecular formula is C11H8N2O2. The lowest BCUT2D eigenvalue weighted by atomic mass is 10.1. The number of anilines is 1. The maximum atomic E-state index is 11.6. The van der Waals surface area contributed by atoms with Crippen LogP contribution in [0.25, 0.3) is 10.9 Å². The number of pyridine rings is 1. The van der Waals surface area contributed by atoms with Crippen LogP contribution in [-0.2, 0) is 6.61 Å². The third kappa shape index (κ3) is 1.05. The van der Waals surface area contributed by atoms with Gasteiger partial charge in [0.2, 0.25) is 0 Å². The van der Waals surface area contributed by atoms with Crippen LogP contribution in [0.5, 0.6) is 0 Å². The van der Waals surface area contributed by atoms with Gasteiger partial charge in [0.15, 0.2) is 0 Å². The van der Waals surface area contributed by atoms with E-state index < -0.39 is 0 Å². The molecule has 0 radical (unpaired) electrons. The quantitative estimate of drug-likeness (QED) is 0.729. The first kappa shape index (κ1) is 8.38. The highest BCUT2D eigenvalue weighted by atomic mass is 16.3. The van der Waals surface area contributed by atoms with Gasteiger partial charge in [-0.05, 0) is 18.2 Å². The first-order chi connectivity index (χ1) is 7.29. The number of nitrogens with zero attached hydrogens (tertiary/aromatic N) is 1. The Morgan fingerprint density at radius 3 is 3.07 bits per heavy atom. The average molecular weight is 200 g/mol. The molecule has 0 spiro atoms. The zero-order valence-electron chi connectivity index (χ0n) is 7.82. The molecule has 74 valence electrons. The summed E-state index contributed by atoms with van der Waals surface area (Å²) in [7, 11) is 0. The fraction of sp³-hybridized carbons (Fsp3) is 0.0909. The first-order valence-corrected chi connectivity index (χ1v) is 4.64. The molecule has 4 heteroatoms. The molecule has 1 amide bonds. The number of carbonyl (C=O) groups is 1. The van der Waals surface area contributed by atoms with Gasteiger partial charge in [0, 0.05) is 5.39 Å². The van der Waals surface area contributed by atoms with E-state index in [0.717, 1.165) is 16.6 Å². The Labute approximate surface area is 85.6 Å². The van der Waals surface area contributed by atoms with Crippen LogP contribution < -0.4 is 5.32 Å². The molecule has 2 aromatic rings. The van der Waals surface area contributed by atoms with Crippen LogP contribution in [0.4, 0.5) is 5.69 Å². The summed E-state index contributed by atoms with van der Waals surface area (Å²) in [4.78, 5) is 15.8. The number of hydrogen-bond acceptors (Lipinski definition) is 3. The van der Waals surface area contributed by atoms with Gasteiger partial charge in [0.05, 0.1) is 29.1 Å². The van der Waals surface area contributed by atoms with Crippen molar-refractivity contribution >= 4 is 22.5 Å². The molecule has 0 saturated heterocycles. The molecule has 1 aromatic carbocycles. The lowest BCUT2D eigenvalue weighted by molar-refractivity contribution is 0.103. The molecule has 1 aromatic heterocycles. The van der Waals surface area contributed by atoms with Crippen LogP contribution in [0.2, 0.25) is 0 Å². The highest BCUT2D eigenvalue weighted by molar-refractivity contribution is 6.23. The Kier molecular flexibility index (Phi) is 1.55. The molecule has 2 N–H and O–H groups in total. The Morgan fingerprint density at radius 2 is 2.27 bits per heavy atom. The number of hydrogen-bond donors (Lipinski definition) is 2. The predicted molar refractivity (Wildman–Crippen MR) is 55.6 cm³/mol. The minimum Gasteiger partial charge on any atom is -0.390 e. The van der Waals surface area contributed by atoms with Crippen molar-refractivity contribution in [1.29, 1.82) is 0 Å². The Morgan fingerprint density at radius 1 is 1.40 bits per heavy atom. The molecule has 0 unspecified atom stereocenters. The van der Waals surface area contributed by atoms with E-state index in [9.17, 15) is 4.79 Å². The molecule has 3 rings (SSSR count). The second kappa shape index (κ2) is 2.77. The number of aliphatic hydroxyl groups excluding tert-OH is 1. The largest absolute Gasteiger partial charge is 0.390 e. The monoisotopic (exact) mass is 200 g/mol. The summed E-state index contributed by atoms with van der Waals surface area (Å²) in [6.07, 6.45) is 0.